The minimum absolute atomic E-state index is 0.238. The van der Waals surface area contributed by atoms with Crippen molar-refractivity contribution in [3.05, 3.63) is 52.4 Å². The first-order chi connectivity index (χ1) is 9.47. The highest BCUT2D eigenvalue weighted by atomic mass is 79.9. The zero-order valence-corrected chi connectivity index (χ0v) is 12.6. The Morgan fingerprint density at radius 3 is 2.65 bits per heavy atom. The van der Waals surface area contributed by atoms with Crippen LogP contribution in [0.4, 0.5) is 15.9 Å². The quantitative estimate of drug-likeness (QED) is 0.934. The number of hydrogen-bond donors (Lipinski definition) is 1. The largest absolute Gasteiger partial charge is 0.363 e. The van der Waals surface area contributed by atoms with E-state index < -0.39 is 11.7 Å². The van der Waals surface area contributed by atoms with Crippen molar-refractivity contribution in [2.75, 3.05) is 24.3 Å². The van der Waals surface area contributed by atoms with Gasteiger partial charge in [-0.05, 0) is 46.3 Å². The van der Waals surface area contributed by atoms with Crippen molar-refractivity contribution in [3.8, 4) is 0 Å². The molecule has 0 aliphatic carbocycles. The number of benzene rings is 1. The number of aromatic nitrogens is 1. The number of hydrogen-bond acceptors (Lipinski definition) is 3. The summed E-state index contributed by atoms with van der Waals surface area (Å²) in [6.07, 6.45) is 1.56. The highest BCUT2D eigenvalue weighted by Gasteiger charge is 2.11. The second-order valence-corrected chi connectivity index (χ2v) is 5.23. The van der Waals surface area contributed by atoms with Crippen LogP contribution in [0.3, 0.4) is 0 Å². The molecular formula is C14H13BrFN3O. The van der Waals surface area contributed by atoms with E-state index >= 15 is 0 Å². The summed E-state index contributed by atoms with van der Waals surface area (Å²) in [7, 11) is 3.76. The summed E-state index contributed by atoms with van der Waals surface area (Å²) < 4.78 is 13.7. The lowest BCUT2D eigenvalue weighted by molar-refractivity contribution is 0.102. The summed E-state index contributed by atoms with van der Waals surface area (Å²) in [6.45, 7) is 0. The number of carbonyl (C=O) groups is 1. The lowest BCUT2D eigenvalue weighted by Gasteiger charge is -2.12. The SMILES string of the molecule is CN(C)c1ccc(NC(=O)c2cc(F)ccc2Br)cn1. The van der Waals surface area contributed by atoms with Crippen LogP contribution in [0.2, 0.25) is 0 Å². The van der Waals surface area contributed by atoms with Crippen molar-refractivity contribution in [1.29, 1.82) is 0 Å². The maximum atomic E-state index is 13.2. The maximum Gasteiger partial charge on any atom is 0.256 e. The van der Waals surface area contributed by atoms with Gasteiger partial charge in [-0.1, -0.05) is 0 Å². The van der Waals surface area contributed by atoms with Gasteiger partial charge in [-0.3, -0.25) is 4.79 Å². The van der Waals surface area contributed by atoms with Crippen LogP contribution in [-0.4, -0.2) is 25.0 Å². The number of halogens is 2. The van der Waals surface area contributed by atoms with Gasteiger partial charge in [0.2, 0.25) is 0 Å². The molecule has 0 spiro atoms. The summed E-state index contributed by atoms with van der Waals surface area (Å²) >= 11 is 3.23. The summed E-state index contributed by atoms with van der Waals surface area (Å²) in [6, 6.07) is 7.50. The van der Waals surface area contributed by atoms with E-state index in [1.54, 1.807) is 18.3 Å². The molecule has 0 bridgehead atoms. The Hall–Kier alpha value is -1.95. The molecule has 0 radical (unpaired) electrons. The summed E-state index contributed by atoms with van der Waals surface area (Å²) in [5, 5.41) is 2.68. The van der Waals surface area contributed by atoms with E-state index in [9.17, 15) is 9.18 Å². The highest BCUT2D eigenvalue weighted by Crippen LogP contribution is 2.20. The zero-order valence-electron chi connectivity index (χ0n) is 11.0. The number of rotatable bonds is 3. The van der Waals surface area contributed by atoms with E-state index in [-0.39, 0.29) is 5.56 Å². The molecule has 1 N–H and O–H groups in total. The standard InChI is InChI=1S/C14H13BrFN3O/c1-19(2)13-6-4-10(8-17-13)18-14(20)11-7-9(16)3-5-12(11)15/h3-8H,1-2H3,(H,18,20). The molecule has 104 valence electrons. The van der Waals surface area contributed by atoms with Crippen LogP contribution in [0.25, 0.3) is 0 Å². The third-order valence-corrected chi connectivity index (χ3v) is 3.33. The first-order valence-electron chi connectivity index (χ1n) is 5.87. The van der Waals surface area contributed by atoms with Gasteiger partial charge in [0.1, 0.15) is 11.6 Å². The van der Waals surface area contributed by atoms with E-state index in [4.69, 9.17) is 0 Å². The van der Waals surface area contributed by atoms with E-state index in [2.05, 4.69) is 26.2 Å². The molecule has 0 saturated heterocycles. The minimum Gasteiger partial charge on any atom is -0.363 e. The minimum atomic E-state index is -0.459. The van der Waals surface area contributed by atoms with E-state index in [1.807, 2.05) is 19.0 Å². The number of anilines is 2. The van der Waals surface area contributed by atoms with Gasteiger partial charge in [-0.25, -0.2) is 9.37 Å². The smallest absolute Gasteiger partial charge is 0.256 e. The van der Waals surface area contributed by atoms with E-state index in [0.717, 1.165) is 5.82 Å². The van der Waals surface area contributed by atoms with Crippen molar-refractivity contribution in [3.63, 3.8) is 0 Å². The number of pyridine rings is 1. The molecule has 0 aliphatic rings. The monoisotopic (exact) mass is 337 g/mol. The number of carbonyl (C=O) groups excluding carboxylic acids is 1. The van der Waals surface area contributed by atoms with Crippen LogP contribution < -0.4 is 10.2 Å². The molecule has 1 amide bonds. The van der Waals surface area contributed by atoms with Gasteiger partial charge < -0.3 is 10.2 Å². The van der Waals surface area contributed by atoms with Gasteiger partial charge in [0.05, 0.1) is 17.4 Å². The van der Waals surface area contributed by atoms with Crippen molar-refractivity contribution in [2.24, 2.45) is 0 Å². The molecule has 20 heavy (non-hydrogen) atoms. The average Bonchev–Trinajstić information content (AvgIpc) is 2.42. The first-order valence-corrected chi connectivity index (χ1v) is 6.66. The number of nitrogens with one attached hydrogen (secondary N) is 1. The highest BCUT2D eigenvalue weighted by molar-refractivity contribution is 9.10. The van der Waals surface area contributed by atoms with Crippen LogP contribution in [-0.2, 0) is 0 Å². The summed E-state index contributed by atoms with van der Waals surface area (Å²) in [5.41, 5.74) is 0.790. The van der Waals surface area contributed by atoms with Gasteiger partial charge in [0, 0.05) is 18.6 Å². The second kappa shape index (κ2) is 6.00. The lowest BCUT2D eigenvalue weighted by Crippen LogP contribution is -2.14. The van der Waals surface area contributed by atoms with E-state index in [0.29, 0.717) is 10.2 Å². The van der Waals surface area contributed by atoms with Crippen molar-refractivity contribution >= 4 is 33.3 Å². The summed E-state index contributed by atoms with van der Waals surface area (Å²) in [5.74, 6) is -0.0647. The van der Waals surface area contributed by atoms with Crippen LogP contribution >= 0.6 is 15.9 Å². The predicted molar refractivity (Wildman–Crippen MR) is 80.6 cm³/mol. The van der Waals surface area contributed by atoms with Gasteiger partial charge in [-0.15, -0.1) is 0 Å². The molecule has 0 saturated carbocycles. The molecule has 1 aromatic carbocycles. The fraction of sp³-hybridized carbons (Fsp3) is 0.143. The van der Waals surface area contributed by atoms with Gasteiger partial charge in [0.15, 0.2) is 0 Å². The third-order valence-electron chi connectivity index (χ3n) is 2.64. The topological polar surface area (TPSA) is 45.2 Å². The fourth-order valence-corrected chi connectivity index (χ4v) is 2.02. The molecule has 0 fully saturated rings. The second-order valence-electron chi connectivity index (χ2n) is 4.38. The molecule has 0 unspecified atom stereocenters. The normalized spacial score (nSPS) is 10.2. The Balaban J connectivity index is 2.17. The maximum absolute atomic E-state index is 13.2. The van der Waals surface area contributed by atoms with Crippen LogP contribution in [0.5, 0.6) is 0 Å². The predicted octanol–water partition coefficient (Wildman–Crippen LogP) is 3.30. The van der Waals surface area contributed by atoms with Crippen molar-refractivity contribution in [2.45, 2.75) is 0 Å². The average molecular weight is 338 g/mol. The first kappa shape index (κ1) is 14.5. The fourth-order valence-electron chi connectivity index (χ4n) is 1.59. The Morgan fingerprint density at radius 1 is 1.30 bits per heavy atom. The Bertz CT molecular complexity index is 629. The Kier molecular flexibility index (Phi) is 4.34. The van der Waals surface area contributed by atoms with Crippen LogP contribution in [0, 0.1) is 5.82 Å². The molecule has 6 heteroatoms. The molecule has 4 nitrogen and oxygen atoms in total. The molecule has 0 aliphatic heterocycles. The van der Waals surface area contributed by atoms with Crippen LogP contribution in [0.1, 0.15) is 10.4 Å². The third kappa shape index (κ3) is 3.33. The number of nitrogens with zero attached hydrogens (tertiary/aromatic N) is 2. The van der Waals surface area contributed by atoms with E-state index in [1.165, 1.54) is 18.2 Å². The molecule has 1 heterocycles. The Morgan fingerprint density at radius 2 is 2.05 bits per heavy atom. The lowest BCUT2D eigenvalue weighted by atomic mass is 10.2. The molecule has 2 aromatic rings. The van der Waals surface area contributed by atoms with Crippen molar-refractivity contribution < 1.29 is 9.18 Å². The molecule has 0 atom stereocenters. The summed E-state index contributed by atoms with van der Waals surface area (Å²) in [4.78, 5) is 18.1. The zero-order chi connectivity index (χ0) is 14.7. The van der Waals surface area contributed by atoms with Crippen molar-refractivity contribution in [1.82, 2.24) is 4.98 Å². The van der Waals surface area contributed by atoms with Gasteiger partial charge in [0.25, 0.3) is 5.91 Å². The van der Waals surface area contributed by atoms with Gasteiger partial charge in [-0.2, -0.15) is 0 Å². The van der Waals surface area contributed by atoms with Gasteiger partial charge >= 0.3 is 0 Å². The molecular weight excluding hydrogens is 325 g/mol. The van der Waals surface area contributed by atoms with Crippen LogP contribution in [0.15, 0.2) is 41.0 Å². The number of amides is 1. The Labute approximate surface area is 124 Å². The molecule has 1 aromatic heterocycles. The molecule has 2 rings (SSSR count).